The monoisotopic (exact) mass is 490 g/mol. The molecule has 0 aromatic heterocycles. The molecule has 0 bridgehead atoms. The second-order valence-electron chi connectivity index (χ2n) is 14.8. The van der Waals surface area contributed by atoms with Gasteiger partial charge in [0.2, 0.25) is 0 Å². The zero-order chi connectivity index (χ0) is 25.8. The van der Waals surface area contributed by atoms with Gasteiger partial charge in [-0.15, -0.1) is 0 Å². The molecule has 12 atom stereocenters. The lowest BCUT2D eigenvalue weighted by Crippen LogP contribution is -2.69. The predicted molar refractivity (Wildman–Crippen MR) is 136 cm³/mol. The van der Waals surface area contributed by atoms with Crippen LogP contribution in [0.3, 0.4) is 0 Å². The first-order chi connectivity index (χ1) is 16.2. The van der Waals surface area contributed by atoms with Gasteiger partial charge in [0.15, 0.2) is 0 Å². The molecule has 12 unspecified atom stereocenters. The highest BCUT2D eigenvalue weighted by molar-refractivity contribution is 5.36. The highest BCUT2D eigenvalue weighted by atomic mass is 16.3. The molecule has 35 heavy (non-hydrogen) atoms. The molecule has 0 amide bonds. The van der Waals surface area contributed by atoms with Gasteiger partial charge in [0.1, 0.15) is 0 Å². The van der Waals surface area contributed by atoms with Gasteiger partial charge in [-0.1, -0.05) is 46.3 Å². The summed E-state index contributed by atoms with van der Waals surface area (Å²) in [6.45, 7) is 13.3. The second-order valence-corrected chi connectivity index (χ2v) is 14.8. The Morgan fingerprint density at radius 3 is 2.20 bits per heavy atom. The largest absolute Gasteiger partial charge is 0.396 e. The van der Waals surface area contributed by atoms with Crippen molar-refractivity contribution < 1.29 is 25.5 Å². The standard InChI is InChI=1S/C30H50O5/c1-18-9-12-30(17-32)14-13-27(4)19(23(30)29(18,6)35)7-8-22-25(2)15-20(33)24(34)26(3,16-31)21(25)10-11-28(22,27)5/h7,18,20-24,31-35H,8-17H2,1-6H3. The van der Waals surface area contributed by atoms with Crippen molar-refractivity contribution in [2.75, 3.05) is 13.2 Å². The highest BCUT2D eigenvalue weighted by Gasteiger charge is 2.71. The molecule has 4 saturated carbocycles. The topological polar surface area (TPSA) is 101 Å². The van der Waals surface area contributed by atoms with E-state index in [1.807, 2.05) is 13.8 Å². The van der Waals surface area contributed by atoms with E-state index < -0.39 is 23.2 Å². The van der Waals surface area contributed by atoms with Crippen LogP contribution in [0, 0.1) is 50.7 Å². The van der Waals surface area contributed by atoms with Crippen LogP contribution in [0.25, 0.3) is 0 Å². The molecule has 0 saturated heterocycles. The van der Waals surface area contributed by atoms with E-state index in [0.29, 0.717) is 12.3 Å². The van der Waals surface area contributed by atoms with Crippen LogP contribution in [0.5, 0.6) is 0 Å². The molecule has 5 nitrogen and oxygen atoms in total. The Morgan fingerprint density at radius 2 is 1.57 bits per heavy atom. The molecule has 5 aliphatic rings. The van der Waals surface area contributed by atoms with E-state index in [1.165, 1.54) is 5.57 Å². The molecule has 0 heterocycles. The molecule has 0 radical (unpaired) electrons. The Morgan fingerprint density at radius 1 is 0.886 bits per heavy atom. The third kappa shape index (κ3) is 3.00. The molecule has 200 valence electrons. The van der Waals surface area contributed by atoms with Crippen LogP contribution in [0.15, 0.2) is 11.6 Å². The van der Waals surface area contributed by atoms with Crippen molar-refractivity contribution >= 4 is 0 Å². The maximum absolute atomic E-state index is 11.9. The molecular weight excluding hydrogens is 440 g/mol. The van der Waals surface area contributed by atoms with Crippen molar-refractivity contribution in [3.05, 3.63) is 11.6 Å². The van der Waals surface area contributed by atoms with Crippen LogP contribution >= 0.6 is 0 Å². The molecule has 4 fully saturated rings. The predicted octanol–water partition coefficient (Wildman–Crippen LogP) is 4.06. The fourth-order valence-corrected chi connectivity index (χ4v) is 11.1. The Bertz CT molecular complexity index is 899. The van der Waals surface area contributed by atoms with Gasteiger partial charge < -0.3 is 25.5 Å². The fourth-order valence-electron chi connectivity index (χ4n) is 11.1. The number of allylic oxidation sites excluding steroid dienone is 1. The quantitative estimate of drug-likeness (QED) is 0.376. The summed E-state index contributed by atoms with van der Waals surface area (Å²) in [4.78, 5) is 0. The molecule has 0 aliphatic heterocycles. The van der Waals surface area contributed by atoms with Crippen LogP contribution in [-0.2, 0) is 0 Å². The maximum atomic E-state index is 11.9. The summed E-state index contributed by atoms with van der Waals surface area (Å²) in [5, 5.41) is 55.0. The van der Waals surface area contributed by atoms with Gasteiger partial charge in [-0.05, 0) is 92.3 Å². The molecule has 0 aromatic rings. The van der Waals surface area contributed by atoms with E-state index in [0.717, 1.165) is 44.9 Å². The molecule has 0 spiro atoms. The summed E-state index contributed by atoms with van der Waals surface area (Å²) in [5.74, 6) is 0.623. The minimum Gasteiger partial charge on any atom is -0.396 e. The van der Waals surface area contributed by atoms with E-state index >= 15 is 0 Å². The lowest BCUT2D eigenvalue weighted by molar-refractivity contribution is -0.247. The Kier molecular flexibility index (Phi) is 5.82. The van der Waals surface area contributed by atoms with Gasteiger partial charge >= 0.3 is 0 Å². The van der Waals surface area contributed by atoms with E-state index in [-0.39, 0.29) is 52.6 Å². The number of fused-ring (bicyclic) bond motifs is 7. The van der Waals surface area contributed by atoms with Crippen molar-refractivity contribution in [1.82, 2.24) is 0 Å². The second kappa shape index (κ2) is 7.79. The van der Waals surface area contributed by atoms with Crippen molar-refractivity contribution in [1.29, 1.82) is 0 Å². The molecular formula is C30H50O5. The summed E-state index contributed by atoms with van der Waals surface area (Å²) in [7, 11) is 0. The number of hydrogen-bond acceptors (Lipinski definition) is 5. The normalized spacial score (nSPS) is 60.0. The molecule has 0 aromatic carbocycles. The van der Waals surface area contributed by atoms with Crippen LogP contribution in [0.4, 0.5) is 0 Å². The SMILES string of the molecule is CC1CCC2(CO)CCC3(C)C(=CCC4C5(C)CC(O)C(O)C(C)(CO)C5CCC43C)C2C1(C)O. The van der Waals surface area contributed by atoms with Crippen molar-refractivity contribution in [3.63, 3.8) is 0 Å². The van der Waals surface area contributed by atoms with Crippen LogP contribution in [-0.4, -0.2) is 56.6 Å². The Balaban J connectivity index is 1.63. The molecule has 5 N–H and O–H groups in total. The molecule has 5 rings (SSSR count). The van der Waals surface area contributed by atoms with Gasteiger partial charge in [0.25, 0.3) is 0 Å². The van der Waals surface area contributed by atoms with Gasteiger partial charge in [0.05, 0.1) is 24.4 Å². The summed E-state index contributed by atoms with van der Waals surface area (Å²) >= 11 is 0. The summed E-state index contributed by atoms with van der Waals surface area (Å²) in [6, 6.07) is 0. The molecule has 5 aliphatic carbocycles. The minimum atomic E-state index is -0.904. The van der Waals surface area contributed by atoms with Gasteiger partial charge in [-0.25, -0.2) is 0 Å². The Labute approximate surface area is 212 Å². The highest BCUT2D eigenvalue weighted by Crippen LogP contribution is 2.76. The van der Waals surface area contributed by atoms with E-state index in [9.17, 15) is 25.5 Å². The van der Waals surface area contributed by atoms with Crippen molar-refractivity contribution in [2.24, 2.45) is 50.7 Å². The van der Waals surface area contributed by atoms with Crippen LogP contribution in [0.1, 0.15) is 92.9 Å². The fraction of sp³-hybridized carbons (Fsp3) is 0.933. The van der Waals surface area contributed by atoms with E-state index in [2.05, 4.69) is 33.8 Å². The first-order valence-corrected chi connectivity index (χ1v) is 14.2. The Hall–Kier alpha value is -0.460. The lowest BCUT2D eigenvalue weighted by Gasteiger charge is -2.72. The van der Waals surface area contributed by atoms with E-state index in [1.54, 1.807) is 0 Å². The summed E-state index contributed by atoms with van der Waals surface area (Å²) in [5.41, 5.74) is -0.728. The van der Waals surface area contributed by atoms with Gasteiger partial charge in [-0.2, -0.15) is 0 Å². The number of aliphatic hydroxyl groups is 5. The first-order valence-electron chi connectivity index (χ1n) is 14.2. The average Bonchev–Trinajstić information content (AvgIpc) is 2.80. The van der Waals surface area contributed by atoms with Crippen LogP contribution in [0.2, 0.25) is 0 Å². The number of aliphatic hydroxyl groups excluding tert-OH is 4. The summed E-state index contributed by atoms with van der Waals surface area (Å²) < 4.78 is 0. The zero-order valence-electron chi connectivity index (χ0n) is 22.8. The van der Waals surface area contributed by atoms with Gasteiger partial charge in [-0.3, -0.25) is 0 Å². The zero-order valence-corrected chi connectivity index (χ0v) is 22.8. The number of hydrogen-bond donors (Lipinski definition) is 5. The van der Waals surface area contributed by atoms with Crippen LogP contribution < -0.4 is 0 Å². The smallest absolute Gasteiger partial charge is 0.0877 e. The third-order valence-electron chi connectivity index (χ3n) is 13.6. The average molecular weight is 491 g/mol. The van der Waals surface area contributed by atoms with Gasteiger partial charge in [0, 0.05) is 23.4 Å². The van der Waals surface area contributed by atoms with Crippen molar-refractivity contribution in [3.8, 4) is 0 Å². The van der Waals surface area contributed by atoms with Crippen molar-refractivity contribution in [2.45, 2.75) is 111 Å². The number of rotatable bonds is 2. The molecule has 5 heteroatoms. The maximum Gasteiger partial charge on any atom is 0.0877 e. The summed E-state index contributed by atoms with van der Waals surface area (Å²) in [6.07, 6.45) is 7.95. The first kappa shape index (κ1) is 26.2. The minimum absolute atomic E-state index is 0.0148. The third-order valence-corrected chi connectivity index (χ3v) is 13.6. The lowest BCUT2D eigenvalue weighted by atomic mass is 9.33. The van der Waals surface area contributed by atoms with E-state index in [4.69, 9.17) is 0 Å².